The van der Waals surface area contributed by atoms with Crippen LogP contribution in [0.5, 0.6) is 5.75 Å². The lowest BCUT2D eigenvalue weighted by atomic mass is 10.1. The molecule has 2 aromatic carbocycles. The van der Waals surface area contributed by atoms with Crippen molar-refractivity contribution >= 4 is 5.91 Å². The van der Waals surface area contributed by atoms with E-state index in [2.05, 4.69) is 0 Å². The zero-order chi connectivity index (χ0) is 19.7. The van der Waals surface area contributed by atoms with Gasteiger partial charge in [-0.25, -0.2) is 4.39 Å². The standard InChI is InChI=1S/C23H23FN2O2/c1-16-19(23(27)25-12-5-6-13-25)15-22(17-8-7-9-18(14-17)28-2)26(16)21-11-4-3-10-20(21)24/h3-4,7-11,14-15H,5-6,12-13H2,1-2H3. The van der Waals surface area contributed by atoms with Crippen molar-refractivity contribution in [2.45, 2.75) is 19.8 Å². The van der Waals surface area contributed by atoms with Crippen molar-refractivity contribution in [1.82, 2.24) is 9.47 Å². The van der Waals surface area contributed by atoms with Crippen LogP contribution in [-0.4, -0.2) is 35.6 Å². The minimum Gasteiger partial charge on any atom is -0.497 e. The molecule has 1 aliphatic heterocycles. The van der Waals surface area contributed by atoms with Gasteiger partial charge in [-0.1, -0.05) is 24.3 Å². The van der Waals surface area contributed by atoms with Crippen molar-refractivity contribution in [2.75, 3.05) is 20.2 Å². The number of hydrogen-bond acceptors (Lipinski definition) is 2. The minimum atomic E-state index is -0.328. The summed E-state index contributed by atoms with van der Waals surface area (Å²) in [5.41, 5.74) is 3.41. The highest BCUT2D eigenvalue weighted by Gasteiger charge is 2.26. The van der Waals surface area contributed by atoms with Gasteiger partial charge in [0.15, 0.2) is 0 Å². The fourth-order valence-electron chi connectivity index (χ4n) is 3.85. The number of amides is 1. The zero-order valence-corrected chi connectivity index (χ0v) is 16.1. The molecule has 1 amide bonds. The zero-order valence-electron chi connectivity index (χ0n) is 16.1. The second-order valence-electron chi connectivity index (χ2n) is 7.05. The van der Waals surface area contributed by atoms with E-state index >= 15 is 0 Å². The molecule has 0 unspecified atom stereocenters. The third-order valence-corrected chi connectivity index (χ3v) is 5.33. The average Bonchev–Trinajstić information content (AvgIpc) is 3.36. The quantitative estimate of drug-likeness (QED) is 0.651. The largest absolute Gasteiger partial charge is 0.497 e. The van der Waals surface area contributed by atoms with E-state index < -0.39 is 0 Å². The number of para-hydroxylation sites is 1. The average molecular weight is 378 g/mol. The van der Waals surface area contributed by atoms with Gasteiger partial charge in [-0.05, 0) is 50.1 Å². The molecule has 4 nitrogen and oxygen atoms in total. The number of rotatable bonds is 4. The maximum atomic E-state index is 14.7. The van der Waals surface area contributed by atoms with Crippen LogP contribution in [0.15, 0.2) is 54.6 Å². The number of likely N-dealkylation sites (tertiary alicyclic amines) is 1. The van der Waals surface area contributed by atoms with Gasteiger partial charge in [0.2, 0.25) is 0 Å². The van der Waals surface area contributed by atoms with Crippen LogP contribution < -0.4 is 4.74 Å². The fraction of sp³-hybridized carbons (Fsp3) is 0.261. The normalized spacial score (nSPS) is 13.8. The summed E-state index contributed by atoms with van der Waals surface area (Å²) in [6.07, 6.45) is 2.06. The number of halogens is 1. The van der Waals surface area contributed by atoms with Gasteiger partial charge >= 0.3 is 0 Å². The molecule has 1 aromatic heterocycles. The molecular weight excluding hydrogens is 355 g/mol. The van der Waals surface area contributed by atoms with Crippen LogP contribution in [-0.2, 0) is 0 Å². The minimum absolute atomic E-state index is 0.00855. The Labute approximate surface area is 164 Å². The number of carbonyl (C=O) groups excluding carboxylic acids is 1. The van der Waals surface area contributed by atoms with E-state index in [9.17, 15) is 9.18 Å². The summed E-state index contributed by atoms with van der Waals surface area (Å²) in [5, 5.41) is 0. The Morgan fingerprint density at radius 1 is 1.04 bits per heavy atom. The maximum Gasteiger partial charge on any atom is 0.255 e. The topological polar surface area (TPSA) is 34.5 Å². The molecule has 0 N–H and O–H groups in total. The lowest BCUT2D eigenvalue weighted by Gasteiger charge is -2.16. The molecule has 0 spiro atoms. The predicted octanol–water partition coefficient (Wildman–Crippen LogP) is 4.84. The van der Waals surface area contributed by atoms with Crippen molar-refractivity contribution in [3.63, 3.8) is 0 Å². The highest BCUT2D eigenvalue weighted by atomic mass is 19.1. The molecule has 0 aliphatic carbocycles. The van der Waals surface area contributed by atoms with Crippen molar-refractivity contribution < 1.29 is 13.9 Å². The summed E-state index contributed by atoms with van der Waals surface area (Å²) in [6.45, 7) is 3.43. The molecule has 5 heteroatoms. The Kier molecular flexibility index (Phi) is 4.90. The van der Waals surface area contributed by atoms with Gasteiger partial charge in [-0.2, -0.15) is 0 Å². The van der Waals surface area contributed by atoms with Gasteiger partial charge in [-0.15, -0.1) is 0 Å². The monoisotopic (exact) mass is 378 g/mol. The predicted molar refractivity (Wildman–Crippen MR) is 108 cm³/mol. The summed E-state index contributed by atoms with van der Waals surface area (Å²) in [6, 6.07) is 16.1. The molecule has 0 saturated carbocycles. The molecule has 0 radical (unpaired) electrons. The Hall–Kier alpha value is -3.08. The van der Waals surface area contributed by atoms with Crippen LogP contribution in [0.3, 0.4) is 0 Å². The molecular formula is C23H23FN2O2. The summed E-state index contributed by atoms with van der Waals surface area (Å²) < 4.78 is 21.8. The van der Waals surface area contributed by atoms with Crippen molar-refractivity contribution in [3.05, 3.63) is 71.7 Å². The van der Waals surface area contributed by atoms with Gasteiger partial charge in [0.25, 0.3) is 5.91 Å². The summed E-state index contributed by atoms with van der Waals surface area (Å²) >= 11 is 0. The van der Waals surface area contributed by atoms with Gasteiger partial charge in [-0.3, -0.25) is 4.79 Å². The van der Waals surface area contributed by atoms with Gasteiger partial charge in [0.05, 0.1) is 24.1 Å². The summed E-state index contributed by atoms with van der Waals surface area (Å²) in [4.78, 5) is 15.0. The highest BCUT2D eigenvalue weighted by Crippen LogP contribution is 2.33. The first-order valence-corrected chi connectivity index (χ1v) is 9.51. The second kappa shape index (κ2) is 7.50. The molecule has 28 heavy (non-hydrogen) atoms. The van der Waals surface area contributed by atoms with Crippen LogP contribution in [0, 0.1) is 12.7 Å². The number of benzene rings is 2. The van der Waals surface area contributed by atoms with E-state index in [0.29, 0.717) is 17.0 Å². The number of aromatic nitrogens is 1. The molecule has 144 valence electrons. The molecule has 0 atom stereocenters. The number of methoxy groups -OCH3 is 1. The van der Waals surface area contributed by atoms with Crippen LogP contribution in [0.25, 0.3) is 16.9 Å². The van der Waals surface area contributed by atoms with E-state index in [1.807, 2.05) is 46.7 Å². The molecule has 1 fully saturated rings. The smallest absolute Gasteiger partial charge is 0.255 e. The van der Waals surface area contributed by atoms with E-state index in [1.54, 1.807) is 25.3 Å². The molecule has 3 aromatic rings. The van der Waals surface area contributed by atoms with E-state index in [1.165, 1.54) is 6.07 Å². The highest BCUT2D eigenvalue weighted by molar-refractivity contribution is 5.97. The fourth-order valence-corrected chi connectivity index (χ4v) is 3.85. The number of ether oxygens (including phenoxy) is 1. The number of hydrogen-bond donors (Lipinski definition) is 0. The molecule has 4 rings (SSSR count). The number of carbonyl (C=O) groups is 1. The van der Waals surface area contributed by atoms with Crippen LogP contribution in [0.4, 0.5) is 4.39 Å². The summed E-state index contributed by atoms with van der Waals surface area (Å²) in [7, 11) is 1.61. The number of nitrogens with zero attached hydrogens (tertiary/aromatic N) is 2. The second-order valence-corrected chi connectivity index (χ2v) is 7.05. The first kappa shape index (κ1) is 18.3. The van der Waals surface area contributed by atoms with Gasteiger partial charge in [0.1, 0.15) is 11.6 Å². The van der Waals surface area contributed by atoms with Gasteiger partial charge in [0, 0.05) is 24.3 Å². The van der Waals surface area contributed by atoms with E-state index in [-0.39, 0.29) is 11.7 Å². The Morgan fingerprint density at radius 2 is 1.79 bits per heavy atom. The molecule has 0 bridgehead atoms. The van der Waals surface area contributed by atoms with E-state index in [4.69, 9.17) is 4.74 Å². The van der Waals surface area contributed by atoms with Crippen molar-refractivity contribution in [3.8, 4) is 22.7 Å². The Balaban J connectivity index is 1.91. The Morgan fingerprint density at radius 3 is 2.50 bits per heavy atom. The molecule has 2 heterocycles. The first-order valence-electron chi connectivity index (χ1n) is 9.51. The maximum absolute atomic E-state index is 14.7. The SMILES string of the molecule is COc1cccc(-c2cc(C(=O)N3CCCC3)c(C)n2-c2ccccc2F)c1. The summed E-state index contributed by atoms with van der Waals surface area (Å²) in [5.74, 6) is 0.392. The molecule has 1 aliphatic rings. The lowest BCUT2D eigenvalue weighted by Crippen LogP contribution is -2.27. The van der Waals surface area contributed by atoms with Crippen molar-refractivity contribution in [2.24, 2.45) is 0 Å². The van der Waals surface area contributed by atoms with Crippen LogP contribution in [0.2, 0.25) is 0 Å². The van der Waals surface area contributed by atoms with Crippen molar-refractivity contribution in [1.29, 1.82) is 0 Å². The first-order chi connectivity index (χ1) is 13.6. The Bertz CT molecular complexity index is 1020. The van der Waals surface area contributed by atoms with Crippen LogP contribution in [0.1, 0.15) is 28.9 Å². The van der Waals surface area contributed by atoms with Gasteiger partial charge < -0.3 is 14.2 Å². The third kappa shape index (κ3) is 3.17. The third-order valence-electron chi connectivity index (χ3n) is 5.33. The van der Waals surface area contributed by atoms with Crippen LogP contribution >= 0.6 is 0 Å². The molecule has 1 saturated heterocycles. The van der Waals surface area contributed by atoms with E-state index in [0.717, 1.165) is 42.9 Å². The lowest BCUT2D eigenvalue weighted by molar-refractivity contribution is 0.0792.